The number of nitrogens with one attached hydrogen (secondary N) is 5. The fraction of sp³-hybridized carbons (Fsp3) is 0.603. The summed E-state index contributed by atoms with van der Waals surface area (Å²) in [5.41, 5.74) is 11.7. The molecule has 1 aliphatic carbocycles. The minimum absolute atomic E-state index is 0. The molecule has 9 atom stereocenters. The van der Waals surface area contributed by atoms with Crippen LogP contribution in [0.15, 0.2) is 42.5 Å². The number of primary amides is 2. The summed E-state index contributed by atoms with van der Waals surface area (Å²) in [7, 11) is 0.586. The van der Waals surface area contributed by atoms with Gasteiger partial charge in [-0.1, -0.05) is 69.3 Å². The van der Waals surface area contributed by atoms with Crippen LogP contribution in [-0.2, 0) is 59.8 Å². The summed E-state index contributed by atoms with van der Waals surface area (Å²) < 4.78 is 43.9. The number of benzene rings is 2. The molecule has 22 nitrogen and oxygen atoms in total. The minimum Gasteiger partial charge on any atom is -0.393 e. The zero-order valence-electron chi connectivity index (χ0n) is 52.6. The van der Waals surface area contributed by atoms with Gasteiger partial charge in [-0.25, -0.2) is 4.52 Å². The fourth-order valence-electron chi connectivity index (χ4n) is 11.0. The molecule has 0 spiro atoms. The Hall–Kier alpha value is -6.47. The van der Waals surface area contributed by atoms with Gasteiger partial charge in [0.05, 0.1) is 24.3 Å². The van der Waals surface area contributed by atoms with Gasteiger partial charge in [-0.15, -0.1) is 0 Å². The maximum Gasteiger partial charge on any atom is 0.389 e. The van der Waals surface area contributed by atoms with Crippen LogP contribution in [0.5, 0.6) is 0 Å². The molecular formula is C63H97F2N9O13P2. The number of aromatic nitrogens is 1. The number of aliphatic hydroxyl groups is 1. The number of likely N-dealkylation sites (tertiary alicyclic amines) is 1. The lowest BCUT2D eigenvalue weighted by Gasteiger charge is -2.26. The number of rotatable bonds is 34. The Balaban J connectivity index is 0.000000501. The van der Waals surface area contributed by atoms with Gasteiger partial charge in [0.2, 0.25) is 37.5 Å². The van der Waals surface area contributed by atoms with Crippen LogP contribution in [0.3, 0.4) is 0 Å². The number of halogens is 2. The van der Waals surface area contributed by atoms with Crippen molar-refractivity contribution >= 4 is 85.0 Å². The van der Waals surface area contributed by atoms with Gasteiger partial charge in [-0.2, -0.15) is 18.7 Å². The van der Waals surface area contributed by atoms with Crippen molar-refractivity contribution in [3.8, 4) is 11.8 Å². The molecule has 496 valence electrons. The lowest BCUT2D eigenvalue weighted by atomic mass is 9.84. The average molecular weight is 1290 g/mol. The maximum absolute atomic E-state index is 14.6. The highest BCUT2D eigenvalue weighted by Crippen LogP contribution is 2.48. The van der Waals surface area contributed by atoms with Gasteiger partial charge in [-0.3, -0.25) is 38.4 Å². The van der Waals surface area contributed by atoms with Crippen molar-refractivity contribution in [3.05, 3.63) is 70.4 Å². The first-order valence-corrected chi connectivity index (χ1v) is 31.6. The molecule has 2 fully saturated rings. The maximum atomic E-state index is 14.6. The third-order valence-corrected chi connectivity index (χ3v) is 17.1. The van der Waals surface area contributed by atoms with Crippen molar-refractivity contribution in [3.63, 3.8) is 0 Å². The Kier molecular flexibility index (Phi) is 38.2. The van der Waals surface area contributed by atoms with Crippen LogP contribution in [-0.4, -0.2) is 139 Å². The number of carbonyl (C=O) groups excluding carboxylic acids is 9. The molecular weight excluding hydrogens is 1190 g/mol. The number of nitrogens with two attached hydrogens (primary N) is 2. The van der Waals surface area contributed by atoms with E-state index in [1.165, 1.54) is 82.7 Å². The first-order chi connectivity index (χ1) is 42.2. The SMILES string of the molecule is CC(CCC(N)=O)NC=O.CCOP(OC)OC(F)(F)c1ccc2[nH]c(C(=O)NC(C)CCC(O)CC3CCC(C)N3C=O)cc2c1.CNC(=O)CCC(C=O)N1Cc2c(C#CCCC(CCCC3CCCCC3)CCNC=O)cccc2C1=O.NC=O.P. The number of aldehydes is 1. The molecule has 10 N–H and O–H groups in total. The van der Waals surface area contributed by atoms with Gasteiger partial charge in [-0.05, 0) is 139 Å². The van der Waals surface area contributed by atoms with Gasteiger partial charge >= 0.3 is 14.7 Å². The topological polar surface area (TPSA) is 324 Å². The van der Waals surface area contributed by atoms with E-state index in [1.54, 1.807) is 29.8 Å². The molecule has 6 rings (SSSR count). The first kappa shape index (κ1) is 78.6. The minimum atomic E-state index is -3.64. The van der Waals surface area contributed by atoms with E-state index >= 15 is 0 Å². The van der Waals surface area contributed by atoms with E-state index in [9.17, 15) is 52.2 Å². The number of carbonyl (C=O) groups is 9. The fourth-order valence-corrected chi connectivity index (χ4v) is 11.7. The van der Waals surface area contributed by atoms with E-state index in [4.69, 9.17) is 24.1 Å². The molecule has 3 aromatic rings. The normalized spacial score (nSPS) is 17.2. The number of amides is 8. The molecule has 89 heavy (non-hydrogen) atoms. The van der Waals surface area contributed by atoms with Crippen LogP contribution in [0.2, 0.25) is 0 Å². The molecule has 1 saturated carbocycles. The van der Waals surface area contributed by atoms with E-state index in [0.717, 1.165) is 68.3 Å². The number of alkyl halides is 2. The van der Waals surface area contributed by atoms with Crippen LogP contribution >= 0.6 is 18.5 Å². The second-order valence-electron chi connectivity index (χ2n) is 22.4. The van der Waals surface area contributed by atoms with E-state index in [1.807, 2.05) is 32.9 Å². The number of aromatic amines is 1. The number of hydrogen-bond acceptors (Lipinski definition) is 13. The highest BCUT2D eigenvalue weighted by molar-refractivity contribution is 7.41. The van der Waals surface area contributed by atoms with Crippen molar-refractivity contribution < 1.29 is 70.6 Å². The summed E-state index contributed by atoms with van der Waals surface area (Å²) in [6.45, 7) is 8.51. The molecule has 9 unspecified atom stereocenters. The molecule has 3 aliphatic rings. The molecule has 8 amide bonds. The van der Waals surface area contributed by atoms with Crippen LogP contribution in [0.1, 0.15) is 194 Å². The Bertz CT molecular complexity index is 2730. The summed E-state index contributed by atoms with van der Waals surface area (Å²) in [6.07, 6.45) is 17.2. The second kappa shape index (κ2) is 43.3. The van der Waals surface area contributed by atoms with E-state index < -0.39 is 26.9 Å². The van der Waals surface area contributed by atoms with Gasteiger partial charge in [0, 0.05) is 92.7 Å². The van der Waals surface area contributed by atoms with Crippen LogP contribution in [0.25, 0.3) is 10.9 Å². The number of fused-ring (bicyclic) bond motifs is 2. The van der Waals surface area contributed by atoms with Crippen molar-refractivity contribution in [2.75, 3.05) is 27.3 Å². The zero-order valence-corrected chi connectivity index (χ0v) is 54.9. The second-order valence-corrected chi connectivity index (χ2v) is 23.7. The van der Waals surface area contributed by atoms with Crippen LogP contribution in [0.4, 0.5) is 8.78 Å². The number of nitrogens with zero attached hydrogens (tertiary/aromatic N) is 2. The lowest BCUT2D eigenvalue weighted by molar-refractivity contribution is -0.192. The van der Waals surface area contributed by atoms with E-state index in [-0.39, 0.29) is 88.4 Å². The lowest BCUT2D eigenvalue weighted by Crippen LogP contribution is -2.37. The predicted molar refractivity (Wildman–Crippen MR) is 343 cm³/mol. The van der Waals surface area contributed by atoms with Crippen LogP contribution in [0, 0.1) is 23.7 Å². The average Bonchev–Trinajstić information content (AvgIpc) is 2.46. The number of hydrogen-bond donors (Lipinski definition) is 8. The van der Waals surface area contributed by atoms with Gasteiger partial charge in [0.25, 0.3) is 11.8 Å². The summed E-state index contributed by atoms with van der Waals surface area (Å²) in [4.78, 5) is 106. The van der Waals surface area contributed by atoms with Crippen LogP contribution < -0.4 is 32.7 Å². The largest absolute Gasteiger partial charge is 0.393 e. The summed E-state index contributed by atoms with van der Waals surface area (Å²) in [5, 5.41) is 21.6. The Labute approximate surface area is 527 Å². The molecule has 26 heteroatoms. The summed E-state index contributed by atoms with van der Waals surface area (Å²) in [5.74, 6) is 6.98. The smallest absolute Gasteiger partial charge is 0.389 e. The van der Waals surface area contributed by atoms with Gasteiger partial charge < -0.3 is 66.5 Å². The zero-order chi connectivity index (χ0) is 65.0. The Morgan fingerprint density at radius 2 is 1.66 bits per heavy atom. The highest BCUT2D eigenvalue weighted by Gasteiger charge is 2.39. The molecule has 1 saturated heterocycles. The highest BCUT2D eigenvalue weighted by atomic mass is 31.2. The summed E-state index contributed by atoms with van der Waals surface area (Å²) >= 11 is 0. The standard InChI is InChI=1S/C31H43N3O4.C25H36F2N3O6P.C6H12N2O2.CH3NO.H3P/c1-32-30(37)18-17-27(22-35)34-21-29-26(15-8-16-28(29)31(34)38)14-6-5-11-25(19-20-33-23-36)13-7-12-24-9-3-2-4-10-24;1-5-35-37(34-4)36-25(26,27)19-8-11-22-18(12-19)13-23(29-22)24(33)28-16(2)6-10-21(32)14-20-9-7-17(3)30(20)15-31;1-5(8-4-9)2-3-6(7)10;2-1-3;/h8,15-16,22-25,27H,2-5,7,9-13,17-21H2,1H3,(H,32,37)(H,33,36);8,11-13,15-17,20-21,29,32H,5-7,9-10,14H2,1-4H3,(H,28,33);4-5H,2-3H2,1H3,(H2,7,10)(H,8,9);1H,(H2,2,3);1H3. The molecule has 0 radical (unpaired) electrons. The molecule has 3 heterocycles. The Morgan fingerprint density at radius 3 is 2.30 bits per heavy atom. The van der Waals surface area contributed by atoms with Crippen molar-refractivity contribution in [1.29, 1.82) is 0 Å². The summed E-state index contributed by atoms with van der Waals surface area (Å²) in [6, 6.07) is 10.4. The molecule has 0 bridgehead atoms. The molecule has 2 aromatic carbocycles. The Morgan fingerprint density at radius 1 is 0.933 bits per heavy atom. The van der Waals surface area contributed by atoms with Gasteiger partial charge in [0.15, 0.2) is 0 Å². The monoisotopic (exact) mass is 1290 g/mol. The molecule has 2 aliphatic heterocycles. The van der Waals surface area contributed by atoms with Crippen molar-refractivity contribution in [2.45, 2.75) is 205 Å². The third kappa shape index (κ3) is 28.1. The molecule has 1 aromatic heterocycles. The van der Waals surface area contributed by atoms with Crippen molar-refractivity contribution in [1.82, 2.24) is 36.1 Å². The van der Waals surface area contributed by atoms with E-state index in [0.29, 0.717) is 80.4 Å². The third-order valence-electron chi connectivity index (χ3n) is 15.9. The predicted octanol–water partition coefficient (Wildman–Crippen LogP) is 7.72. The van der Waals surface area contributed by atoms with Gasteiger partial charge in [0.1, 0.15) is 12.0 Å². The quantitative estimate of drug-likeness (QED) is 0.0123. The number of aliphatic hydroxyl groups excluding tert-OH is 1. The van der Waals surface area contributed by atoms with E-state index in [2.05, 4.69) is 43.8 Å². The number of H-pyrrole nitrogens is 1. The van der Waals surface area contributed by atoms with Crippen molar-refractivity contribution in [2.24, 2.45) is 23.3 Å². The first-order valence-electron chi connectivity index (χ1n) is 30.5.